The lowest BCUT2D eigenvalue weighted by molar-refractivity contribution is -0.139. The number of para-hydroxylation sites is 2. The Kier molecular flexibility index (Phi) is 5.49. The molecule has 31 heavy (non-hydrogen) atoms. The van der Waals surface area contributed by atoms with Crippen molar-refractivity contribution in [1.82, 2.24) is 19.4 Å². The molecule has 1 amide bonds. The second-order valence-corrected chi connectivity index (χ2v) is 9.38. The number of nitrogens with zero attached hydrogens (tertiary/aromatic N) is 4. The summed E-state index contributed by atoms with van der Waals surface area (Å²) in [5.41, 5.74) is 2.96. The highest BCUT2D eigenvalue weighted by Gasteiger charge is 2.45. The minimum atomic E-state index is -0.371. The molecule has 0 radical (unpaired) electrons. The standard InChI is InChI=1S/C25H29ClN4O/c1-28-22-7-3-2-6-21(22)27-23(28)18-29-14-16-30(17-15-29)24(31)25(12-4-5-13-25)19-8-10-20(26)11-9-19/h2-3,6-11H,4-5,12-18H2,1H3. The predicted molar refractivity (Wildman–Crippen MR) is 124 cm³/mol. The fourth-order valence-electron chi connectivity index (χ4n) is 5.32. The molecule has 2 fully saturated rings. The Bertz CT molecular complexity index is 1080. The summed E-state index contributed by atoms with van der Waals surface area (Å²) in [7, 11) is 2.08. The van der Waals surface area contributed by atoms with Gasteiger partial charge in [0.2, 0.25) is 5.91 Å². The molecule has 2 aliphatic rings. The minimum absolute atomic E-state index is 0.301. The zero-order valence-electron chi connectivity index (χ0n) is 18.1. The highest BCUT2D eigenvalue weighted by atomic mass is 35.5. The smallest absolute Gasteiger partial charge is 0.233 e. The second kappa shape index (κ2) is 8.29. The van der Waals surface area contributed by atoms with E-state index in [2.05, 4.69) is 39.6 Å². The van der Waals surface area contributed by atoms with Crippen LogP contribution in [0.5, 0.6) is 0 Å². The first kappa shape index (κ1) is 20.5. The topological polar surface area (TPSA) is 41.4 Å². The number of imidazole rings is 1. The average Bonchev–Trinajstić information content (AvgIpc) is 3.41. The van der Waals surface area contributed by atoms with Gasteiger partial charge in [-0.15, -0.1) is 0 Å². The van der Waals surface area contributed by atoms with Crippen molar-refractivity contribution in [2.24, 2.45) is 7.05 Å². The third-order valence-corrected chi connectivity index (χ3v) is 7.42. The van der Waals surface area contributed by atoms with Crippen LogP contribution in [-0.4, -0.2) is 51.4 Å². The Hall–Kier alpha value is -2.37. The first-order valence-corrected chi connectivity index (χ1v) is 11.6. The van der Waals surface area contributed by atoms with E-state index < -0.39 is 0 Å². The maximum absolute atomic E-state index is 13.7. The van der Waals surface area contributed by atoms with Gasteiger partial charge >= 0.3 is 0 Å². The highest BCUT2D eigenvalue weighted by molar-refractivity contribution is 6.30. The first-order valence-electron chi connectivity index (χ1n) is 11.2. The Morgan fingerprint density at radius 3 is 2.35 bits per heavy atom. The molecule has 1 aromatic heterocycles. The summed E-state index contributed by atoms with van der Waals surface area (Å²) >= 11 is 6.10. The molecule has 1 aliphatic heterocycles. The van der Waals surface area contributed by atoms with Crippen LogP contribution >= 0.6 is 11.6 Å². The van der Waals surface area contributed by atoms with Crippen LogP contribution in [0.4, 0.5) is 0 Å². The highest BCUT2D eigenvalue weighted by Crippen LogP contribution is 2.43. The number of halogens is 1. The maximum Gasteiger partial charge on any atom is 0.233 e. The average molecular weight is 437 g/mol. The minimum Gasteiger partial charge on any atom is -0.339 e. The number of carbonyl (C=O) groups excluding carboxylic acids is 1. The number of carbonyl (C=O) groups is 1. The van der Waals surface area contributed by atoms with Crippen LogP contribution in [0, 0.1) is 0 Å². The van der Waals surface area contributed by atoms with Crippen molar-refractivity contribution in [3.8, 4) is 0 Å². The number of piperazine rings is 1. The lowest BCUT2D eigenvalue weighted by Gasteiger charge is -2.40. The largest absolute Gasteiger partial charge is 0.339 e. The number of fused-ring (bicyclic) bond motifs is 1. The van der Waals surface area contributed by atoms with E-state index >= 15 is 0 Å². The molecule has 0 bridgehead atoms. The number of hydrogen-bond donors (Lipinski definition) is 0. The van der Waals surface area contributed by atoms with Crippen molar-refractivity contribution < 1.29 is 4.79 Å². The molecule has 5 nitrogen and oxygen atoms in total. The Morgan fingerprint density at radius 1 is 1.00 bits per heavy atom. The molecule has 1 aliphatic carbocycles. The lowest BCUT2D eigenvalue weighted by atomic mass is 9.77. The number of benzene rings is 2. The van der Waals surface area contributed by atoms with E-state index in [4.69, 9.17) is 16.6 Å². The number of amides is 1. The molecule has 162 valence electrons. The van der Waals surface area contributed by atoms with Gasteiger partial charge < -0.3 is 9.47 Å². The number of rotatable bonds is 4. The van der Waals surface area contributed by atoms with Crippen LogP contribution in [0.15, 0.2) is 48.5 Å². The molecule has 0 atom stereocenters. The van der Waals surface area contributed by atoms with Crippen molar-refractivity contribution in [2.75, 3.05) is 26.2 Å². The molecular weight excluding hydrogens is 408 g/mol. The first-order chi connectivity index (χ1) is 15.1. The summed E-state index contributed by atoms with van der Waals surface area (Å²) in [6.45, 7) is 4.13. The molecule has 1 saturated heterocycles. The molecule has 2 aromatic carbocycles. The monoisotopic (exact) mass is 436 g/mol. The molecule has 6 heteroatoms. The molecule has 0 unspecified atom stereocenters. The molecule has 5 rings (SSSR count). The molecule has 2 heterocycles. The van der Waals surface area contributed by atoms with Crippen LogP contribution in [0.25, 0.3) is 11.0 Å². The normalized spacial score (nSPS) is 19.2. The molecule has 0 N–H and O–H groups in total. The zero-order chi connectivity index (χ0) is 21.4. The lowest BCUT2D eigenvalue weighted by Crippen LogP contribution is -2.53. The van der Waals surface area contributed by atoms with Gasteiger partial charge in [-0.2, -0.15) is 0 Å². The summed E-state index contributed by atoms with van der Waals surface area (Å²) in [5.74, 6) is 1.38. The van der Waals surface area contributed by atoms with Crippen molar-refractivity contribution in [3.05, 3.63) is 64.9 Å². The van der Waals surface area contributed by atoms with Crippen LogP contribution in [0.1, 0.15) is 37.1 Å². The molecule has 3 aromatic rings. The SMILES string of the molecule is Cn1c(CN2CCN(C(=O)C3(c4ccc(Cl)cc4)CCCC3)CC2)nc2ccccc21. The van der Waals surface area contributed by atoms with Gasteiger partial charge in [-0.05, 0) is 42.7 Å². The van der Waals surface area contributed by atoms with Crippen LogP contribution in [0.2, 0.25) is 5.02 Å². The fraction of sp³-hybridized carbons (Fsp3) is 0.440. The molecule has 1 saturated carbocycles. The summed E-state index contributed by atoms with van der Waals surface area (Å²) in [5, 5.41) is 0.722. The van der Waals surface area contributed by atoms with E-state index in [0.717, 1.165) is 85.9 Å². The van der Waals surface area contributed by atoms with E-state index in [-0.39, 0.29) is 5.41 Å². The van der Waals surface area contributed by atoms with Crippen molar-refractivity contribution >= 4 is 28.5 Å². The van der Waals surface area contributed by atoms with Crippen molar-refractivity contribution in [3.63, 3.8) is 0 Å². The van der Waals surface area contributed by atoms with Gasteiger partial charge in [0, 0.05) is 38.2 Å². The van der Waals surface area contributed by atoms with E-state index in [1.54, 1.807) is 0 Å². The van der Waals surface area contributed by atoms with Crippen molar-refractivity contribution in [2.45, 2.75) is 37.6 Å². The van der Waals surface area contributed by atoms with Gasteiger partial charge in [-0.3, -0.25) is 9.69 Å². The van der Waals surface area contributed by atoms with Gasteiger partial charge in [0.05, 0.1) is 23.0 Å². The predicted octanol–water partition coefficient (Wildman–Crippen LogP) is 4.38. The summed E-state index contributed by atoms with van der Waals surface area (Å²) in [6.07, 6.45) is 4.10. The summed E-state index contributed by atoms with van der Waals surface area (Å²) < 4.78 is 2.18. The molecular formula is C25H29ClN4O. The van der Waals surface area contributed by atoms with Gasteiger partial charge in [-0.25, -0.2) is 4.98 Å². The Morgan fingerprint density at radius 2 is 1.68 bits per heavy atom. The van der Waals surface area contributed by atoms with Crippen LogP contribution < -0.4 is 0 Å². The van der Waals surface area contributed by atoms with Crippen LogP contribution in [0.3, 0.4) is 0 Å². The summed E-state index contributed by atoms with van der Waals surface area (Å²) in [6, 6.07) is 16.2. The zero-order valence-corrected chi connectivity index (χ0v) is 18.8. The number of aromatic nitrogens is 2. The third kappa shape index (κ3) is 3.74. The fourth-order valence-corrected chi connectivity index (χ4v) is 5.45. The van der Waals surface area contributed by atoms with Gasteiger partial charge in [-0.1, -0.05) is 48.7 Å². The Balaban J connectivity index is 1.27. The van der Waals surface area contributed by atoms with Gasteiger partial charge in [0.15, 0.2) is 0 Å². The quantitative estimate of drug-likeness (QED) is 0.609. The third-order valence-electron chi connectivity index (χ3n) is 7.17. The van der Waals surface area contributed by atoms with Gasteiger partial charge in [0.25, 0.3) is 0 Å². The van der Waals surface area contributed by atoms with Gasteiger partial charge in [0.1, 0.15) is 5.82 Å². The maximum atomic E-state index is 13.7. The number of hydrogen-bond acceptors (Lipinski definition) is 3. The van der Waals surface area contributed by atoms with E-state index in [1.807, 2.05) is 30.3 Å². The second-order valence-electron chi connectivity index (χ2n) is 8.94. The van der Waals surface area contributed by atoms with Crippen molar-refractivity contribution in [1.29, 1.82) is 0 Å². The Labute approximate surface area is 188 Å². The van der Waals surface area contributed by atoms with E-state index in [9.17, 15) is 4.79 Å². The van der Waals surface area contributed by atoms with E-state index in [0.29, 0.717) is 5.91 Å². The van der Waals surface area contributed by atoms with Crippen LogP contribution in [-0.2, 0) is 23.8 Å². The molecule has 0 spiro atoms. The summed E-state index contributed by atoms with van der Waals surface area (Å²) in [4.78, 5) is 23.0. The van der Waals surface area contributed by atoms with E-state index in [1.165, 1.54) is 0 Å². The number of aryl methyl sites for hydroxylation is 1.